The number of nitrogens with zero attached hydrogens (tertiary/aromatic N) is 2. The fourth-order valence-electron chi connectivity index (χ4n) is 3.09. The number of hydrogen-bond donors (Lipinski definition) is 1. The molecule has 0 radical (unpaired) electrons. The highest BCUT2D eigenvalue weighted by Crippen LogP contribution is 2.32. The SMILES string of the molecule is O=C(O)c1c(-c2ccccc2)nn2c1CCc1ccccc1-2. The van der Waals surface area contributed by atoms with Crippen LogP contribution in [-0.2, 0) is 12.8 Å². The van der Waals surface area contributed by atoms with Crippen molar-refractivity contribution in [3.05, 3.63) is 71.4 Å². The second kappa shape index (κ2) is 4.84. The van der Waals surface area contributed by atoms with Crippen LogP contribution in [0.25, 0.3) is 16.9 Å². The summed E-state index contributed by atoms with van der Waals surface area (Å²) in [7, 11) is 0. The first-order valence-electron chi connectivity index (χ1n) is 7.24. The second-order valence-corrected chi connectivity index (χ2v) is 5.38. The number of rotatable bonds is 2. The maximum Gasteiger partial charge on any atom is 0.339 e. The molecule has 1 aliphatic heterocycles. The minimum Gasteiger partial charge on any atom is -0.478 e. The third-order valence-corrected chi connectivity index (χ3v) is 4.09. The number of hydrogen-bond acceptors (Lipinski definition) is 2. The number of carbonyl (C=O) groups is 1. The number of aromatic carboxylic acids is 1. The minimum absolute atomic E-state index is 0.320. The lowest BCUT2D eigenvalue weighted by Crippen LogP contribution is -2.14. The summed E-state index contributed by atoms with van der Waals surface area (Å²) in [5.74, 6) is -0.917. The van der Waals surface area contributed by atoms with E-state index in [0.29, 0.717) is 17.7 Å². The first kappa shape index (κ1) is 12.8. The number of aryl methyl sites for hydroxylation is 1. The molecule has 2 heterocycles. The zero-order chi connectivity index (χ0) is 15.1. The summed E-state index contributed by atoms with van der Waals surface area (Å²) in [6, 6.07) is 17.5. The highest BCUT2D eigenvalue weighted by molar-refractivity contribution is 5.96. The number of para-hydroxylation sites is 1. The van der Waals surface area contributed by atoms with Crippen LogP contribution in [0.2, 0.25) is 0 Å². The monoisotopic (exact) mass is 290 g/mol. The molecule has 0 aliphatic carbocycles. The molecule has 0 saturated carbocycles. The maximum absolute atomic E-state index is 11.8. The van der Waals surface area contributed by atoms with Gasteiger partial charge in [0, 0.05) is 5.56 Å². The Balaban J connectivity index is 2.00. The van der Waals surface area contributed by atoms with E-state index >= 15 is 0 Å². The Bertz CT molecular complexity index is 866. The van der Waals surface area contributed by atoms with Gasteiger partial charge in [-0.3, -0.25) is 0 Å². The van der Waals surface area contributed by atoms with Crippen LogP contribution in [0.1, 0.15) is 21.6 Å². The van der Waals surface area contributed by atoms with E-state index in [4.69, 9.17) is 0 Å². The van der Waals surface area contributed by atoms with E-state index in [1.807, 2.05) is 48.5 Å². The highest BCUT2D eigenvalue weighted by Gasteiger charge is 2.28. The number of aromatic nitrogens is 2. The summed E-state index contributed by atoms with van der Waals surface area (Å²) in [4.78, 5) is 11.8. The zero-order valence-electron chi connectivity index (χ0n) is 11.9. The van der Waals surface area contributed by atoms with Crippen LogP contribution in [0.5, 0.6) is 0 Å². The Morgan fingerprint density at radius 2 is 1.73 bits per heavy atom. The minimum atomic E-state index is -0.917. The van der Waals surface area contributed by atoms with Gasteiger partial charge in [0.1, 0.15) is 11.3 Å². The van der Waals surface area contributed by atoms with Crippen molar-refractivity contribution in [3.8, 4) is 16.9 Å². The molecule has 1 aliphatic rings. The van der Waals surface area contributed by atoms with E-state index in [1.54, 1.807) is 4.68 Å². The summed E-state index contributed by atoms with van der Waals surface area (Å²) in [6.45, 7) is 0. The normalized spacial score (nSPS) is 12.5. The van der Waals surface area contributed by atoms with Crippen molar-refractivity contribution in [1.82, 2.24) is 9.78 Å². The van der Waals surface area contributed by atoms with E-state index in [2.05, 4.69) is 11.2 Å². The molecule has 4 nitrogen and oxygen atoms in total. The quantitative estimate of drug-likeness (QED) is 0.787. The molecule has 0 spiro atoms. The molecule has 4 heteroatoms. The molecule has 0 unspecified atom stereocenters. The van der Waals surface area contributed by atoms with Crippen molar-refractivity contribution >= 4 is 5.97 Å². The van der Waals surface area contributed by atoms with E-state index < -0.39 is 5.97 Å². The second-order valence-electron chi connectivity index (χ2n) is 5.38. The van der Waals surface area contributed by atoms with Crippen LogP contribution < -0.4 is 0 Å². The highest BCUT2D eigenvalue weighted by atomic mass is 16.4. The average molecular weight is 290 g/mol. The Kier molecular flexibility index (Phi) is 2.82. The van der Waals surface area contributed by atoms with Gasteiger partial charge in [0.25, 0.3) is 0 Å². The van der Waals surface area contributed by atoms with Gasteiger partial charge >= 0.3 is 5.97 Å². The maximum atomic E-state index is 11.8. The van der Waals surface area contributed by atoms with E-state index in [9.17, 15) is 9.90 Å². The smallest absolute Gasteiger partial charge is 0.339 e. The third-order valence-electron chi connectivity index (χ3n) is 4.09. The molecular weight excluding hydrogens is 276 g/mol. The first-order chi connectivity index (χ1) is 10.8. The van der Waals surface area contributed by atoms with Crippen LogP contribution in [0.4, 0.5) is 0 Å². The van der Waals surface area contributed by atoms with Crippen molar-refractivity contribution in [2.75, 3.05) is 0 Å². The van der Waals surface area contributed by atoms with Gasteiger partial charge in [0.15, 0.2) is 0 Å². The Labute approximate surface area is 127 Å². The van der Waals surface area contributed by atoms with Gasteiger partial charge in [-0.15, -0.1) is 0 Å². The molecule has 0 bridgehead atoms. The molecule has 0 atom stereocenters. The van der Waals surface area contributed by atoms with Gasteiger partial charge in [-0.05, 0) is 24.5 Å². The summed E-state index contributed by atoms with van der Waals surface area (Å²) in [5, 5.41) is 14.3. The topological polar surface area (TPSA) is 55.1 Å². The largest absolute Gasteiger partial charge is 0.478 e. The Morgan fingerprint density at radius 1 is 1.00 bits per heavy atom. The van der Waals surface area contributed by atoms with Crippen LogP contribution in [0.3, 0.4) is 0 Å². The fourth-order valence-corrected chi connectivity index (χ4v) is 3.09. The lowest BCUT2D eigenvalue weighted by atomic mass is 9.98. The van der Waals surface area contributed by atoms with Gasteiger partial charge in [-0.2, -0.15) is 5.10 Å². The van der Waals surface area contributed by atoms with Crippen molar-refractivity contribution in [2.24, 2.45) is 0 Å². The molecule has 0 amide bonds. The van der Waals surface area contributed by atoms with Gasteiger partial charge in [-0.25, -0.2) is 9.48 Å². The molecule has 22 heavy (non-hydrogen) atoms. The van der Waals surface area contributed by atoms with Crippen LogP contribution in [0, 0.1) is 0 Å². The lowest BCUT2D eigenvalue weighted by molar-refractivity contribution is 0.0696. The predicted octanol–water partition coefficient (Wildman–Crippen LogP) is 3.34. The van der Waals surface area contributed by atoms with Crippen molar-refractivity contribution < 1.29 is 9.90 Å². The van der Waals surface area contributed by atoms with Crippen molar-refractivity contribution in [3.63, 3.8) is 0 Å². The molecule has 1 aromatic heterocycles. The Hall–Kier alpha value is -2.88. The van der Waals surface area contributed by atoms with Crippen molar-refractivity contribution in [1.29, 1.82) is 0 Å². The summed E-state index contributed by atoms with van der Waals surface area (Å²) < 4.78 is 1.80. The molecule has 0 fully saturated rings. The molecule has 108 valence electrons. The van der Waals surface area contributed by atoms with Crippen LogP contribution in [0.15, 0.2) is 54.6 Å². The summed E-state index contributed by atoms with van der Waals surface area (Å²) in [6.07, 6.45) is 1.54. The number of benzene rings is 2. The summed E-state index contributed by atoms with van der Waals surface area (Å²) >= 11 is 0. The van der Waals surface area contributed by atoms with Crippen molar-refractivity contribution in [2.45, 2.75) is 12.8 Å². The molecule has 0 saturated heterocycles. The number of carboxylic acids is 1. The molecule has 3 aromatic rings. The zero-order valence-corrected chi connectivity index (χ0v) is 11.9. The summed E-state index contributed by atoms with van der Waals surface area (Å²) in [5.41, 5.74) is 4.66. The van der Waals surface area contributed by atoms with E-state index in [0.717, 1.165) is 23.4 Å². The van der Waals surface area contributed by atoms with E-state index in [-0.39, 0.29) is 0 Å². The van der Waals surface area contributed by atoms with Gasteiger partial charge in [-0.1, -0.05) is 48.5 Å². The predicted molar refractivity (Wildman–Crippen MR) is 83.4 cm³/mol. The molecule has 1 N–H and O–H groups in total. The molecule has 2 aromatic carbocycles. The van der Waals surface area contributed by atoms with Crippen LogP contribution >= 0.6 is 0 Å². The van der Waals surface area contributed by atoms with Gasteiger partial charge < -0.3 is 5.11 Å². The molecule has 4 rings (SSSR count). The molecular formula is C18H14N2O2. The average Bonchev–Trinajstić information content (AvgIpc) is 2.96. The third kappa shape index (κ3) is 1.84. The first-order valence-corrected chi connectivity index (χ1v) is 7.24. The standard InChI is InChI=1S/C18H14N2O2/c21-18(22)16-15-11-10-12-6-4-5-9-14(12)20(15)19-17(16)13-7-2-1-3-8-13/h1-9H,10-11H2,(H,21,22). The Morgan fingerprint density at radius 3 is 2.50 bits per heavy atom. The van der Waals surface area contributed by atoms with Gasteiger partial charge in [0.2, 0.25) is 0 Å². The number of fused-ring (bicyclic) bond motifs is 3. The number of carboxylic acid groups (broad SMARTS) is 1. The van der Waals surface area contributed by atoms with Gasteiger partial charge in [0.05, 0.1) is 11.4 Å². The van der Waals surface area contributed by atoms with Crippen LogP contribution in [-0.4, -0.2) is 20.9 Å². The fraction of sp³-hybridized carbons (Fsp3) is 0.111. The lowest BCUT2D eigenvalue weighted by Gasteiger charge is -2.17. The van der Waals surface area contributed by atoms with E-state index in [1.165, 1.54) is 5.56 Å².